The van der Waals surface area contributed by atoms with Gasteiger partial charge in [-0.3, -0.25) is 0 Å². The number of hydrogen-bond donors (Lipinski definition) is 1. The van der Waals surface area contributed by atoms with E-state index in [2.05, 4.69) is 69.9 Å². The van der Waals surface area contributed by atoms with Gasteiger partial charge in [0.2, 0.25) is 12.1 Å². The van der Waals surface area contributed by atoms with Crippen LogP contribution in [0.15, 0.2) is 48.5 Å². The number of benzene rings is 2. The first-order valence-electron chi connectivity index (χ1n) is 11.2. The van der Waals surface area contributed by atoms with Crippen LogP contribution in [0.4, 0.5) is 0 Å². The Labute approximate surface area is 193 Å². The second-order valence-corrected chi connectivity index (χ2v) is 7.84. The minimum Gasteiger partial charge on any atom is -0.346 e. The van der Waals surface area contributed by atoms with Crippen LogP contribution >= 0.6 is 0 Å². The molecule has 4 rings (SSSR count). The Bertz CT molecular complexity index is 1150. The summed E-state index contributed by atoms with van der Waals surface area (Å²) in [5, 5.41) is 19.0. The number of hydrogen-bond acceptors (Lipinski definition) is 7. The first-order chi connectivity index (χ1) is 16.1. The molecule has 9 heteroatoms. The van der Waals surface area contributed by atoms with Gasteiger partial charge in [0, 0.05) is 31.2 Å². The van der Waals surface area contributed by atoms with E-state index in [9.17, 15) is 0 Å². The van der Waals surface area contributed by atoms with E-state index in [0.717, 1.165) is 28.1 Å². The molecule has 0 aliphatic carbocycles. The third-order valence-corrected chi connectivity index (χ3v) is 5.21. The van der Waals surface area contributed by atoms with Gasteiger partial charge >= 0.3 is 0 Å². The second kappa shape index (κ2) is 10.5. The summed E-state index contributed by atoms with van der Waals surface area (Å²) < 4.78 is 13.3. The number of ether oxygens (including phenoxy) is 2. The summed E-state index contributed by atoms with van der Waals surface area (Å²) in [6, 6.07) is 16.7. The molecular weight excluding hydrogens is 418 g/mol. The van der Waals surface area contributed by atoms with Crippen molar-refractivity contribution in [2.75, 3.05) is 13.2 Å². The van der Waals surface area contributed by atoms with Gasteiger partial charge in [0.05, 0.1) is 0 Å². The first-order valence-corrected chi connectivity index (χ1v) is 11.2. The third kappa shape index (κ3) is 5.15. The molecule has 33 heavy (non-hydrogen) atoms. The number of tetrazole rings is 1. The maximum atomic E-state index is 5.70. The standard InChI is InChI=1S/C24H29N7O2/c1-5-32-24(33-6-2)23-25-21(31(28-23)16(3)4)15-17-11-13-18(14-12-17)19-9-7-8-10-20(19)22-26-29-30-27-22/h7-14,16,24H,5-6,15H2,1-4H3,(H,26,27,29,30). The SMILES string of the molecule is CCOC(OCC)c1nc(Cc2ccc(-c3ccccc3-c3nnn[nH]3)cc2)n(C(C)C)n1. The van der Waals surface area contributed by atoms with E-state index in [1.807, 2.05) is 36.7 Å². The molecule has 0 fully saturated rings. The van der Waals surface area contributed by atoms with Gasteiger partial charge in [-0.05, 0) is 54.8 Å². The van der Waals surface area contributed by atoms with Crippen molar-refractivity contribution in [3.05, 3.63) is 65.7 Å². The summed E-state index contributed by atoms with van der Waals surface area (Å²) in [5.74, 6) is 2.09. The molecule has 172 valence electrons. The van der Waals surface area contributed by atoms with Crippen LogP contribution in [0.5, 0.6) is 0 Å². The Morgan fingerprint density at radius 2 is 1.64 bits per heavy atom. The zero-order chi connectivity index (χ0) is 23.2. The van der Waals surface area contributed by atoms with Crippen molar-refractivity contribution in [1.29, 1.82) is 0 Å². The van der Waals surface area contributed by atoms with Gasteiger partial charge in [0.15, 0.2) is 5.82 Å². The molecule has 0 bridgehead atoms. The molecule has 0 aliphatic rings. The highest BCUT2D eigenvalue weighted by atomic mass is 16.7. The average molecular weight is 448 g/mol. The highest BCUT2D eigenvalue weighted by Crippen LogP contribution is 2.30. The monoisotopic (exact) mass is 447 g/mol. The molecule has 0 radical (unpaired) electrons. The molecular formula is C24H29N7O2. The molecule has 9 nitrogen and oxygen atoms in total. The lowest BCUT2D eigenvalue weighted by Crippen LogP contribution is -2.12. The molecule has 0 amide bonds. The maximum absolute atomic E-state index is 5.70. The highest BCUT2D eigenvalue weighted by Gasteiger charge is 2.21. The summed E-state index contributed by atoms with van der Waals surface area (Å²) in [6.07, 6.45) is 0.104. The van der Waals surface area contributed by atoms with Crippen LogP contribution in [-0.4, -0.2) is 48.6 Å². The van der Waals surface area contributed by atoms with Crippen molar-refractivity contribution in [2.45, 2.75) is 46.4 Å². The Morgan fingerprint density at radius 1 is 0.939 bits per heavy atom. The van der Waals surface area contributed by atoms with Crippen LogP contribution in [0.1, 0.15) is 57.2 Å². The highest BCUT2D eigenvalue weighted by molar-refractivity contribution is 5.80. The van der Waals surface area contributed by atoms with E-state index in [-0.39, 0.29) is 6.04 Å². The normalized spacial score (nSPS) is 11.6. The van der Waals surface area contributed by atoms with Gasteiger partial charge < -0.3 is 9.47 Å². The van der Waals surface area contributed by atoms with E-state index < -0.39 is 6.29 Å². The Hall–Kier alpha value is -3.43. The average Bonchev–Trinajstić information content (AvgIpc) is 3.50. The largest absolute Gasteiger partial charge is 0.346 e. The predicted molar refractivity (Wildman–Crippen MR) is 124 cm³/mol. The van der Waals surface area contributed by atoms with E-state index in [0.29, 0.717) is 31.3 Å². The maximum Gasteiger partial charge on any atom is 0.221 e. The van der Waals surface area contributed by atoms with Crippen LogP contribution in [-0.2, 0) is 15.9 Å². The molecule has 0 saturated carbocycles. The lowest BCUT2D eigenvalue weighted by atomic mass is 9.98. The fourth-order valence-electron chi connectivity index (χ4n) is 3.71. The fourth-order valence-corrected chi connectivity index (χ4v) is 3.71. The summed E-state index contributed by atoms with van der Waals surface area (Å²) >= 11 is 0. The molecule has 2 aromatic carbocycles. The Morgan fingerprint density at radius 3 is 2.24 bits per heavy atom. The molecule has 0 atom stereocenters. The van der Waals surface area contributed by atoms with Crippen molar-refractivity contribution >= 4 is 0 Å². The van der Waals surface area contributed by atoms with Gasteiger partial charge in [-0.1, -0.05) is 48.5 Å². The zero-order valence-electron chi connectivity index (χ0n) is 19.4. The molecule has 2 aromatic heterocycles. The van der Waals surface area contributed by atoms with Crippen LogP contribution in [0.2, 0.25) is 0 Å². The predicted octanol–water partition coefficient (Wildman–Crippen LogP) is 4.37. The van der Waals surface area contributed by atoms with Gasteiger partial charge in [0.25, 0.3) is 0 Å². The van der Waals surface area contributed by atoms with Gasteiger partial charge in [-0.2, -0.15) is 5.10 Å². The molecule has 0 spiro atoms. The van der Waals surface area contributed by atoms with Gasteiger partial charge in [0.1, 0.15) is 5.82 Å². The number of H-pyrrole nitrogens is 1. The van der Waals surface area contributed by atoms with Crippen molar-refractivity contribution in [3.63, 3.8) is 0 Å². The first kappa shape index (κ1) is 22.8. The van der Waals surface area contributed by atoms with Crippen molar-refractivity contribution in [2.24, 2.45) is 0 Å². The molecule has 4 aromatic rings. The lowest BCUT2D eigenvalue weighted by molar-refractivity contribution is -0.145. The molecule has 0 aliphatic heterocycles. The van der Waals surface area contributed by atoms with Crippen LogP contribution < -0.4 is 0 Å². The van der Waals surface area contributed by atoms with Crippen LogP contribution in [0.25, 0.3) is 22.5 Å². The number of rotatable bonds is 10. The minimum atomic E-state index is -0.553. The van der Waals surface area contributed by atoms with Crippen molar-refractivity contribution in [3.8, 4) is 22.5 Å². The number of aromatic amines is 1. The van der Waals surface area contributed by atoms with E-state index in [1.54, 1.807) is 0 Å². The second-order valence-electron chi connectivity index (χ2n) is 7.84. The van der Waals surface area contributed by atoms with Crippen LogP contribution in [0.3, 0.4) is 0 Å². The van der Waals surface area contributed by atoms with Gasteiger partial charge in [-0.15, -0.1) is 5.10 Å². The fraction of sp³-hybridized carbons (Fsp3) is 0.375. The molecule has 1 N–H and O–H groups in total. The lowest BCUT2D eigenvalue weighted by Gasteiger charge is -2.13. The smallest absolute Gasteiger partial charge is 0.221 e. The molecule has 0 saturated heterocycles. The third-order valence-electron chi connectivity index (χ3n) is 5.21. The Kier molecular flexibility index (Phi) is 7.21. The van der Waals surface area contributed by atoms with E-state index >= 15 is 0 Å². The van der Waals surface area contributed by atoms with Crippen LogP contribution in [0, 0.1) is 0 Å². The summed E-state index contributed by atoms with van der Waals surface area (Å²) in [5.41, 5.74) is 4.25. The topological polar surface area (TPSA) is 104 Å². The molecule has 0 unspecified atom stereocenters. The van der Waals surface area contributed by atoms with E-state index in [1.165, 1.54) is 0 Å². The van der Waals surface area contributed by atoms with Crippen molar-refractivity contribution < 1.29 is 9.47 Å². The summed E-state index contributed by atoms with van der Waals surface area (Å²) in [6.45, 7) is 9.12. The Balaban J connectivity index is 1.59. The van der Waals surface area contributed by atoms with Gasteiger partial charge in [-0.25, -0.2) is 14.8 Å². The number of nitrogens with one attached hydrogen (secondary N) is 1. The number of aromatic nitrogens is 7. The summed E-state index contributed by atoms with van der Waals surface area (Å²) in [7, 11) is 0. The van der Waals surface area contributed by atoms with Crippen molar-refractivity contribution in [1.82, 2.24) is 35.4 Å². The zero-order valence-corrected chi connectivity index (χ0v) is 19.4. The summed E-state index contributed by atoms with van der Waals surface area (Å²) in [4.78, 5) is 4.77. The van der Waals surface area contributed by atoms with E-state index in [4.69, 9.17) is 14.5 Å². The molecule has 2 heterocycles. The minimum absolute atomic E-state index is 0.173. The number of nitrogens with zero attached hydrogens (tertiary/aromatic N) is 6. The quantitative estimate of drug-likeness (QED) is 0.360.